The molecule has 3 rings (SSSR count). The van der Waals surface area contributed by atoms with Crippen molar-refractivity contribution in [1.82, 2.24) is 20.2 Å². The van der Waals surface area contributed by atoms with Gasteiger partial charge in [0.05, 0.1) is 0 Å². The molecule has 0 aliphatic carbocycles. The number of hydrogen-bond donors (Lipinski definition) is 1. The van der Waals surface area contributed by atoms with Crippen LogP contribution in [-0.2, 0) is 11.3 Å². The van der Waals surface area contributed by atoms with Crippen LogP contribution in [-0.4, -0.2) is 26.1 Å². The Labute approximate surface area is 127 Å². The van der Waals surface area contributed by atoms with Gasteiger partial charge in [0.1, 0.15) is 23.9 Å². The number of carbonyl (C=O) groups excluding carboxylic acids is 1. The molecule has 0 unspecified atom stereocenters. The fourth-order valence-corrected chi connectivity index (χ4v) is 2.38. The molecule has 0 saturated heterocycles. The van der Waals surface area contributed by atoms with Crippen LogP contribution in [0.15, 0.2) is 35.0 Å². The van der Waals surface area contributed by atoms with E-state index >= 15 is 0 Å². The van der Waals surface area contributed by atoms with E-state index < -0.39 is 23.2 Å². The number of nitrogens with one attached hydrogen (secondary N) is 1. The lowest BCUT2D eigenvalue weighted by Gasteiger charge is -2.06. The molecule has 1 amide bonds. The summed E-state index contributed by atoms with van der Waals surface area (Å²) in [5.41, 5.74) is 0.294. The Morgan fingerprint density at radius 2 is 2.05 bits per heavy atom. The second kappa shape index (κ2) is 5.98. The minimum absolute atomic E-state index is 0.301. The molecule has 6 nitrogen and oxygen atoms in total. The molecule has 0 fully saturated rings. The number of carbonyl (C=O) groups is 1. The number of aromatic nitrogens is 4. The minimum Gasteiger partial charge on any atom is -0.319 e. The summed E-state index contributed by atoms with van der Waals surface area (Å²) in [5, 5.41) is 17.4. The Hall–Kier alpha value is -2.68. The third-order valence-corrected chi connectivity index (χ3v) is 3.43. The van der Waals surface area contributed by atoms with Crippen molar-refractivity contribution < 1.29 is 13.6 Å². The molecule has 3 aromatic rings. The van der Waals surface area contributed by atoms with Crippen molar-refractivity contribution in [3.05, 3.63) is 46.7 Å². The number of halogens is 2. The van der Waals surface area contributed by atoms with Gasteiger partial charge < -0.3 is 5.32 Å². The van der Waals surface area contributed by atoms with Crippen LogP contribution in [0.3, 0.4) is 0 Å². The van der Waals surface area contributed by atoms with Crippen molar-refractivity contribution in [2.75, 3.05) is 5.32 Å². The smallest absolute Gasteiger partial charge is 0.248 e. The third kappa shape index (κ3) is 2.98. The first kappa shape index (κ1) is 14.3. The van der Waals surface area contributed by atoms with Crippen LogP contribution in [0.25, 0.3) is 11.4 Å². The number of amides is 1. The highest BCUT2D eigenvalue weighted by atomic mass is 32.1. The lowest BCUT2D eigenvalue weighted by Crippen LogP contribution is -2.21. The lowest BCUT2D eigenvalue weighted by molar-refractivity contribution is -0.117. The fraction of sp³-hybridized carbons (Fsp3) is 0.0769. The number of tetrazole rings is 1. The summed E-state index contributed by atoms with van der Waals surface area (Å²) < 4.78 is 26.9. The van der Waals surface area contributed by atoms with Gasteiger partial charge in [0, 0.05) is 10.9 Å². The Kier molecular flexibility index (Phi) is 3.88. The zero-order valence-corrected chi connectivity index (χ0v) is 11.8. The molecule has 2 aromatic heterocycles. The molecule has 0 spiro atoms. The molecule has 0 aliphatic rings. The van der Waals surface area contributed by atoms with E-state index in [-0.39, 0.29) is 6.54 Å². The Morgan fingerprint density at radius 3 is 2.73 bits per heavy atom. The molecule has 2 heterocycles. The third-order valence-electron chi connectivity index (χ3n) is 2.74. The van der Waals surface area contributed by atoms with E-state index in [1.165, 1.54) is 17.4 Å². The lowest BCUT2D eigenvalue weighted by atomic mass is 10.3. The van der Waals surface area contributed by atoms with Gasteiger partial charge in [-0.05, 0) is 28.8 Å². The zero-order chi connectivity index (χ0) is 15.5. The van der Waals surface area contributed by atoms with Crippen molar-refractivity contribution in [1.29, 1.82) is 0 Å². The highest BCUT2D eigenvalue weighted by Gasteiger charge is 2.14. The van der Waals surface area contributed by atoms with Crippen molar-refractivity contribution in [3.8, 4) is 11.4 Å². The van der Waals surface area contributed by atoms with Gasteiger partial charge in [0.2, 0.25) is 11.7 Å². The predicted molar refractivity (Wildman–Crippen MR) is 76.1 cm³/mol. The van der Waals surface area contributed by atoms with Crippen LogP contribution in [0.2, 0.25) is 0 Å². The van der Waals surface area contributed by atoms with Crippen LogP contribution < -0.4 is 5.32 Å². The van der Waals surface area contributed by atoms with Gasteiger partial charge in [-0.2, -0.15) is 16.1 Å². The number of anilines is 1. The van der Waals surface area contributed by atoms with Crippen LogP contribution in [0.5, 0.6) is 0 Å². The summed E-state index contributed by atoms with van der Waals surface area (Å²) in [7, 11) is 0. The number of rotatable bonds is 4. The van der Waals surface area contributed by atoms with E-state index in [1.54, 1.807) is 0 Å². The molecular formula is C13H9F2N5OS. The topological polar surface area (TPSA) is 72.7 Å². The second-order valence-corrected chi connectivity index (χ2v) is 5.08. The predicted octanol–water partition coefficient (Wildman–Crippen LogP) is 2.32. The van der Waals surface area contributed by atoms with Gasteiger partial charge in [-0.1, -0.05) is 6.07 Å². The van der Waals surface area contributed by atoms with Gasteiger partial charge in [-0.15, -0.1) is 10.2 Å². The molecule has 0 bridgehead atoms. The van der Waals surface area contributed by atoms with Gasteiger partial charge in [-0.3, -0.25) is 4.79 Å². The molecule has 22 heavy (non-hydrogen) atoms. The molecule has 0 radical (unpaired) electrons. The fourth-order valence-electron chi connectivity index (χ4n) is 1.74. The van der Waals surface area contributed by atoms with Crippen LogP contribution in [0.4, 0.5) is 14.5 Å². The maximum absolute atomic E-state index is 13.4. The summed E-state index contributed by atoms with van der Waals surface area (Å²) in [6.45, 7) is -0.301. The molecule has 0 saturated carbocycles. The van der Waals surface area contributed by atoms with E-state index in [0.29, 0.717) is 5.82 Å². The summed E-state index contributed by atoms with van der Waals surface area (Å²) >= 11 is 1.48. The normalized spacial score (nSPS) is 10.6. The highest BCUT2D eigenvalue weighted by Crippen LogP contribution is 2.18. The average Bonchev–Trinajstić information content (AvgIpc) is 3.13. The van der Waals surface area contributed by atoms with Crippen LogP contribution in [0, 0.1) is 11.6 Å². The number of thiophene rings is 1. The zero-order valence-electron chi connectivity index (χ0n) is 11.0. The number of hydrogen-bond acceptors (Lipinski definition) is 5. The quantitative estimate of drug-likeness (QED) is 0.800. The van der Waals surface area contributed by atoms with Crippen LogP contribution >= 0.6 is 11.3 Å². The summed E-state index contributed by atoms with van der Waals surface area (Å²) in [6, 6.07) is 5.15. The van der Waals surface area contributed by atoms with Crippen molar-refractivity contribution in [3.63, 3.8) is 0 Å². The standard InChI is InChI=1S/C13H9F2N5OS/c14-9-2-1-3-10(15)12(9)16-11(21)6-20-18-13(17-19-20)8-4-5-22-7-8/h1-5,7H,6H2,(H,16,21). The first-order chi connectivity index (χ1) is 10.6. The molecule has 0 aliphatic heterocycles. The minimum atomic E-state index is -0.848. The summed E-state index contributed by atoms with van der Waals surface area (Å²) in [6.07, 6.45) is 0. The van der Waals surface area contributed by atoms with Crippen molar-refractivity contribution in [2.45, 2.75) is 6.54 Å². The molecule has 112 valence electrons. The monoisotopic (exact) mass is 321 g/mol. The second-order valence-electron chi connectivity index (χ2n) is 4.30. The molecule has 0 atom stereocenters. The SMILES string of the molecule is O=C(Cn1nnc(-c2ccsc2)n1)Nc1c(F)cccc1F. The Bertz CT molecular complexity index is 782. The van der Waals surface area contributed by atoms with E-state index in [4.69, 9.17) is 0 Å². The van der Waals surface area contributed by atoms with E-state index in [0.717, 1.165) is 22.5 Å². The Morgan fingerprint density at radius 1 is 1.27 bits per heavy atom. The van der Waals surface area contributed by atoms with Gasteiger partial charge in [0.15, 0.2) is 0 Å². The molecular weight excluding hydrogens is 312 g/mol. The summed E-state index contributed by atoms with van der Waals surface area (Å²) in [5.74, 6) is -1.97. The molecule has 9 heteroatoms. The summed E-state index contributed by atoms with van der Waals surface area (Å²) in [4.78, 5) is 12.9. The number of benzene rings is 1. The van der Waals surface area contributed by atoms with Crippen molar-refractivity contribution in [2.24, 2.45) is 0 Å². The van der Waals surface area contributed by atoms with E-state index in [2.05, 4.69) is 20.7 Å². The molecule has 1 N–H and O–H groups in total. The first-order valence-corrected chi connectivity index (χ1v) is 7.12. The van der Waals surface area contributed by atoms with Gasteiger partial charge in [0.25, 0.3) is 0 Å². The number of para-hydroxylation sites is 1. The van der Waals surface area contributed by atoms with Crippen molar-refractivity contribution >= 4 is 22.9 Å². The first-order valence-electron chi connectivity index (χ1n) is 6.18. The van der Waals surface area contributed by atoms with Gasteiger partial charge >= 0.3 is 0 Å². The average molecular weight is 321 g/mol. The van der Waals surface area contributed by atoms with E-state index in [1.807, 2.05) is 16.8 Å². The van der Waals surface area contributed by atoms with Crippen LogP contribution in [0.1, 0.15) is 0 Å². The van der Waals surface area contributed by atoms with Gasteiger partial charge in [-0.25, -0.2) is 8.78 Å². The highest BCUT2D eigenvalue weighted by molar-refractivity contribution is 7.08. The maximum atomic E-state index is 13.4. The largest absolute Gasteiger partial charge is 0.319 e. The molecule has 1 aromatic carbocycles. The number of nitrogens with zero attached hydrogens (tertiary/aromatic N) is 4. The van der Waals surface area contributed by atoms with E-state index in [9.17, 15) is 13.6 Å². The maximum Gasteiger partial charge on any atom is 0.248 e. The Balaban J connectivity index is 1.70.